The summed E-state index contributed by atoms with van der Waals surface area (Å²) in [4.78, 5) is 28.3. The van der Waals surface area contributed by atoms with E-state index in [0.717, 1.165) is 22.2 Å². The number of rotatable bonds is 2. The van der Waals surface area contributed by atoms with E-state index in [1.807, 2.05) is 18.2 Å². The highest BCUT2D eigenvalue weighted by Gasteiger charge is 2.35. The van der Waals surface area contributed by atoms with Crippen molar-refractivity contribution in [1.82, 2.24) is 9.88 Å². The molecule has 116 valence electrons. The maximum absolute atomic E-state index is 12.1. The van der Waals surface area contributed by atoms with Gasteiger partial charge in [-0.1, -0.05) is 0 Å². The number of nitrogens with two attached hydrogens (primary N) is 1. The quantitative estimate of drug-likeness (QED) is 0.818. The van der Waals surface area contributed by atoms with E-state index in [-0.39, 0.29) is 6.54 Å². The van der Waals surface area contributed by atoms with E-state index >= 15 is 0 Å². The monoisotopic (exact) mass is 303 g/mol. The molecule has 0 bridgehead atoms. The van der Waals surface area contributed by atoms with Crippen LogP contribution < -0.4 is 10.5 Å². The molecule has 22 heavy (non-hydrogen) atoms. The van der Waals surface area contributed by atoms with E-state index in [1.165, 1.54) is 12.0 Å². The van der Waals surface area contributed by atoms with Gasteiger partial charge in [-0.25, -0.2) is 4.79 Å². The van der Waals surface area contributed by atoms with Gasteiger partial charge in [-0.3, -0.25) is 4.79 Å². The molecule has 2 amide bonds. The van der Waals surface area contributed by atoms with E-state index in [4.69, 9.17) is 15.2 Å². The summed E-state index contributed by atoms with van der Waals surface area (Å²) in [7, 11) is 2.92. The summed E-state index contributed by atoms with van der Waals surface area (Å²) in [5, 5.41) is 0.897. The van der Waals surface area contributed by atoms with E-state index in [0.29, 0.717) is 12.3 Å². The van der Waals surface area contributed by atoms with Gasteiger partial charge in [0.1, 0.15) is 11.7 Å². The van der Waals surface area contributed by atoms with Crippen LogP contribution in [0.3, 0.4) is 0 Å². The molecule has 1 unspecified atom stereocenters. The molecule has 1 aliphatic rings. The SMILES string of the molecule is COC(=O)C1CN(C(N)=O)Cc2[nH]c3ccc(OC)cc3c21. The second kappa shape index (κ2) is 5.25. The molecule has 3 rings (SSSR count). The maximum Gasteiger partial charge on any atom is 0.315 e. The fourth-order valence-electron chi connectivity index (χ4n) is 2.97. The molecule has 0 spiro atoms. The minimum Gasteiger partial charge on any atom is -0.497 e. The van der Waals surface area contributed by atoms with Crippen molar-refractivity contribution in [2.75, 3.05) is 20.8 Å². The fourth-order valence-corrected chi connectivity index (χ4v) is 2.97. The van der Waals surface area contributed by atoms with E-state index in [9.17, 15) is 9.59 Å². The van der Waals surface area contributed by atoms with Crippen LogP contribution in [0, 0.1) is 0 Å². The van der Waals surface area contributed by atoms with Gasteiger partial charge in [0.05, 0.1) is 20.8 Å². The Hall–Kier alpha value is -2.70. The molecule has 0 saturated carbocycles. The molecule has 1 atom stereocenters. The third kappa shape index (κ3) is 2.14. The summed E-state index contributed by atoms with van der Waals surface area (Å²) in [5.41, 5.74) is 7.89. The zero-order valence-electron chi connectivity index (χ0n) is 12.4. The number of hydrogen-bond donors (Lipinski definition) is 2. The molecule has 1 aromatic heterocycles. The largest absolute Gasteiger partial charge is 0.497 e. The van der Waals surface area contributed by atoms with Gasteiger partial charge in [-0.2, -0.15) is 0 Å². The highest BCUT2D eigenvalue weighted by atomic mass is 16.5. The normalized spacial score (nSPS) is 17.2. The summed E-state index contributed by atoms with van der Waals surface area (Å²) >= 11 is 0. The zero-order valence-corrected chi connectivity index (χ0v) is 12.4. The molecule has 0 saturated heterocycles. The zero-order chi connectivity index (χ0) is 15.9. The number of esters is 1. The predicted octanol–water partition coefficient (Wildman–Crippen LogP) is 1.33. The molecule has 7 heteroatoms. The van der Waals surface area contributed by atoms with Gasteiger partial charge in [-0.05, 0) is 23.8 Å². The van der Waals surface area contributed by atoms with Gasteiger partial charge in [0, 0.05) is 23.1 Å². The first-order valence-electron chi connectivity index (χ1n) is 6.85. The van der Waals surface area contributed by atoms with Gasteiger partial charge in [0.25, 0.3) is 0 Å². The van der Waals surface area contributed by atoms with Gasteiger partial charge < -0.3 is 25.1 Å². The Kier molecular flexibility index (Phi) is 3.40. The number of methoxy groups -OCH3 is 2. The lowest BCUT2D eigenvalue weighted by Gasteiger charge is -2.30. The van der Waals surface area contributed by atoms with Crippen LogP contribution in [-0.2, 0) is 16.1 Å². The van der Waals surface area contributed by atoms with Crippen LogP contribution in [0.1, 0.15) is 17.2 Å². The van der Waals surface area contributed by atoms with Crippen molar-refractivity contribution in [3.8, 4) is 5.75 Å². The third-order valence-electron chi connectivity index (χ3n) is 4.03. The molecule has 2 aromatic rings. The predicted molar refractivity (Wildman–Crippen MR) is 79.6 cm³/mol. The molecule has 1 aliphatic heterocycles. The smallest absolute Gasteiger partial charge is 0.315 e. The Morgan fingerprint density at radius 1 is 1.36 bits per heavy atom. The van der Waals surface area contributed by atoms with Crippen molar-refractivity contribution in [3.05, 3.63) is 29.5 Å². The van der Waals surface area contributed by atoms with Crippen LogP contribution in [-0.4, -0.2) is 42.6 Å². The lowest BCUT2D eigenvalue weighted by Crippen LogP contribution is -2.43. The number of amides is 2. The van der Waals surface area contributed by atoms with Crippen molar-refractivity contribution >= 4 is 22.9 Å². The topological polar surface area (TPSA) is 97.6 Å². The van der Waals surface area contributed by atoms with Crippen molar-refractivity contribution in [2.24, 2.45) is 5.73 Å². The third-order valence-corrected chi connectivity index (χ3v) is 4.03. The summed E-state index contributed by atoms with van der Waals surface area (Å²) in [5.74, 6) is -0.256. The standard InChI is InChI=1S/C15H17N3O4/c1-21-8-3-4-11-9(5-8)13-10(14(19)22-2)6-18(15(16)20)7-12(13)17-11/h3-5,10,17H,6-7H2,1-2H3,(H2,16,20). The van der Waals surface area contributed by atoms with Crippen LogP contribution in [0.25, 0.3) is 10.9 Å². The van der Waals surface area contributed by atoms with Crippen molar-refractivity contribution in [3.63, 3.8) is 0 Å². The van der Waals surface area contributed by atoms with Gasteiger partial charge in [0.15, 0.2) is 0 Å². The fraction of sp³-hybridized carbons (Fsp3) is 0.333. The summed E-state index contributed by atoms with van der Waals surface area (Å²) < 4.78 is 10.1. The number of benzene rings is 1. The van der Waals surface area contributed by atoms with Crippen LogP contribution in [0.5, 0.6) is 5.75 Å². The summed E-state index contributed by atoms with van der Waals surface area (Å²) in [6.45, 7) is 0.550. The number of hydrogen-bond acceptors (Lipinski definition) is 4. The van der Waals surface area contributed by atoms with Crippen molar-refractivity contribution < 1.29 is 19.1 Å². The van der Waals surface area contributed by atoms with Crippen LogP contribution in [0.4, 0.5) is 4.79 Å². The number of aromatic nitrogens is 1. The first kappa shape index (κ1) is 14.2. The number of carbonyl (C=O) groups excluding carboxylic acids is 2. The second-order valence-electron chi connectivity index (χ2n) is 5.22. The second-order valence-corrected chi connectivity index (χ2v) is 5.22. The molecular formula is C15H17N3O4. The number of nitrogens with zero attached hydrogens (tertiary/aromatic N) is 1. The number of urea groups is 1. The van der Waals surface area contributed by atoms with Crippen molar-refractivity contribution in [1.29, 1.82) is 0 Å². The Labute approximate surface area is 127 Å². The number of nitrogens with one attached hydrogen (secondary N) is 1. The maximum atomic E-state index is 12.1. The number of primary amides is 1. The van der Waals surface area contributed by atoms with E-state index in [2.05, 4.69) is 4.98 Å². The molecule has 0 aliphatic carbocycles. The average molecular weight is 303 g/mol. The Bertz CT molecular complexity index is 753. The molecule has 0 fully saturated rings. The Morgan fingerprint density at radius 3 is 2.77 bits per heavy atom. The molecule has 7 nitrogen and oxygen atoms in total. The highest BCUT2D eigenvalue weighted by molar-refractivity contribution is 5.93. The number of ether oxygens (including phenoxy) is 2. The highest BCUT2D eigenvalue weighted by Crippen LogP contribution is 2.36. The van der Waals surface area contributed by atoms with Gasteiger partial charge in [-0.15, -0.1) is 0 Å². The molecular weight excluding hydrogens is 286 g/mol. The molecule has 2 heterocycles. The number of fused-ring (bicyclic) bond motifs is 3. The number of aromatic amines is 1. The summed E-state index contributed by atoms with van der Waals surface area (Å²) in [6, 6.07) is 5.04. The first-order chi connectivity index (χ1) is 10.5. The van der Waals surface area contributed by atoms with Gasteiger partial charge in [0.2, 0.25) is 0 Å². The average Bonchev–Trinajstić information content (AvgIpc) is 2.90. The van der Waals surface area contributed by atoms with Crippen LogP contribution in [0.15, 0.2) is 18.2 Å². The van der Waals surface area contributed by atoms with Crippen LogP contribution >= 0.6 is 0 Å². The minimum absolute atomic E-state index is 0.208. The lowest BCUT2D eigenvalue weighted by molar-refractivity contribution is -0.143. The lowest BCUT2D eigenvalue weighted by atomic mass is 9.92. The molecule has 0 radical (unpaired) electrons. The Morgan fingerprint density at radius 2 is 2.14 bits per heavy atom. The number of H-pyrrole nitrogens is 1. The first-order valence-corrected chi connectivity index (χ1v) is 6.85. The summed E-state index contributed by atoms with van der Waals surface area (Å²) in [6.07, 6.45) is 0. The van der Waals surface area contributed by atoms with E-state index < -0.39 is 17.9 Å². The molecule has 3 N–H and O–H groups in total. The van der Waals surface area contributed by atoms with Crippen molar-refractivity contribution in [2.45, 2.75) is 12.5 Å². The minimum atomic E-state index is -0.567. The Balaban J connectivity index is 2.18. The number of carbonyl (C=O) groups is 2. The van der Waals surface area contributed by atoms with Gasteiger partial charge >= 0.3 is 12.0 Å². The van der Waals surface area contributed by atoms with E-state index in [1.54, 1.807) is 7.11 Å². The van der Waals surface area contributed by atoms with Crippen LogP contribution in [0.2, 0.25) is 0 Å². The molecule has 1 aromatic carbocycles.